The molecule has 2 aromatic heterocycles. The van der Waals surface area contributed by atoms with Gasteiger partial charge < -0.3 is 25.7 Å². The molecule has 5 N–H and O–H groups in total. The maximum Gasteiger partial charge on any atom is 0.416 e. The number of hydrogen-bond acceptors (Lipinski definition) is 4. The Labute approximate surface area is 173 Å². The maximum atomic E-state index is 12.9. The number of nitrogens with zero attached hydrogens (tertiary/aromatic N) is 1. The highest BCUT2D eigenvalue weighted by Crippen LogP contribution is 2.26. The lowest BCUT2D eigenvalue weighted by molar-refractivity contribution is -0.215. The van der Waals surface area contributed by atoms with E-state index in [0.29, 0.717) is 16.3 Å². The van der Waals surface area contributed by atoms with E-state index >= 15 is 0 Å². The Balaban J connectivity index is 1.93. The van der Waals surface area contributed by atoms with Gasteiger partial charge in [-0.1, -0.05) is 26.0 Å². The van der Waals surface area contributed by atoms with Gasteiger partial charge in [-0.15, -0.1) is 0 Å². The Hall–Kier alpha value is -3.34. The van der Waals surface area contributed by atoms with Crippen molar-refractivity contribution in [1.29, 1.82) is 0 Å². The first kappa shape index (κ1) is 22.3. The quantitative estimate of drug-likeness (QED) is 0.466. The Morgan fingerprint density at radius 2 is 1.84 bits per heavy atom. The molecule has 0 saturated carbocycles. The molecule has 0 aliphatic carbocycles. The molecule has 11 heteroatoms. The number of aromatic nitrogens is 2. The summed E-state index contributed by atoms with van der Waals surface area (Å²) in [6.45, 7) is 2.30. The molecule has 0 aliphatic rings. The van der Waals surface area contributed by atoms with Crippen LogP contribution in [0.4, 0.5) is 13.2 Å². The number of halogens is 3. The van der Waals surface area contributed by atoms with Gasteiger partial charge in [0.1, 0.15) is 12.1 Å². The second-order valence-corrected chi connectivity index (χ2v) is 7.58. The van der Waals surface area contributed by atoms with Crippen LogP contribution in [0.3, 0.4) is 0 Å². The molecule has 0 radical (unpaired) electrons. The van der Waals surface area contributed by atoms with Crippen molar-refractivity contribution in [3.8, 4) is 0 Å². The molecule has 2 unspecified atom stereocenters. The van der Waals surface area contributed by atoms with Gasteiger partial charge in [-0.05, 0) is 18.1 Å². The number of hydrogen-bond donors (Lipinski definition) is 4. The van der Waals surface area contributed by atoms with Crippen LogP contribution in [0.2, 0.25) is 0 Å². The molecular weight excluding hydrogens is 417 g/mol. The highest BCUT2D eigenvalue weighted by Gasteiger charge is 2.45. The summed E-state index contributed by atoms with van der Waals surface area (Å²) in [5, 5.41) is 12.8. The molecule has 8 nitrogen and oxygen atoms in total. The number of rotatable bonds is 6. The number of alkyl halides is 3. The first-order valence-corrected chi connectivity index (χ1v) is 9.39. The van der Waals surface area contributed by atoms with Gasteiger partial charge in [0.15, 0.2) is 6.10 Å². The summed E-state index contributed by atoms with van der Waals surface area (Å²) in [5.74, 6) is -2.25. The van der Waals surface area contributed by atoms with Gasteiger partial charge in [-0.25, -0.2) is 0 Å². The smallest absolute Gasteiger partial charge is 0.382 e. The monoisotopic (exact) mass is 438 g/mol. The highest BCUT2D eigenvalue weighted by molar-refractivity contribution is 6.14. The average molecular weight is 438 g/mol. The Kier molecular flexibility index (Phi) is 5.81. The fraction of sp³-hybridized carbons (Fsp3) is 0.350. The number of amides is 2. The number of primary amides is 1. The number of benzene rings is 1. The molecule has 0 spiro atoms. The molecule has 166 valence electrons. The molecule has 1 aromatic carbocycles. The van der Waals surface area contributed by atoms with E-state index < -0.39 is 48.2 Å². The van der Waals surface area contributed by atoms with Gasteiger partial charge in [0.25, 0.3) is 11.5 Å². The van der Waals surface area contributed by atoms with E-state index in [-0.39, 0.29) is 11.1 Å². The van der Waals surface area contributed by atoms with Crippen LogP contribution < -0.4 is 16.6 Å². The van der Waals surface area contributed by atoms with E-state index in [1.165, 1.54) is 26.1 Å². The number of aliphatic hydroxyl groups is 1. The first-order valence-electron chi connectivity index (χ1n) is 9.39. The Morgan fingerprint density at radius 1 is 1.19 bits per heavy atom. The second kappa shape index (κ2) is 8.06. The molecule has 3 rings (SSSR count). The molecule has 0 bridgehead atoms. The number of para-hydroxylation sites is 1. The minimum Gasteiger partial charge on any atom is -0.382 e. The van der Waals surface area contributed by atoms with Gasteiger partial charge >= 0.3 is 6.18 Å². The SMILES string of the molecule is CC(C)C(NC(=O)Cn1ccc2c([nH]c3c(C(N)=O)cccc32)c1=O)C(O)C(F)(F)F. The minimum atomic E-state index is -4.90. The lowest BCUT2D eigenvalue weighted by Gasteiger charge is -2.28. The number of carbonyl (C=O) groups excluding carboxylic acids is 2. The Morgan fingerprint density at radius 3 is 2.42 bits per heavy atom. The molecular formula is C20H21F3N4O4. The van der Waals surface area contributed by atoms with Crippen LogP contribution in [0.25, 0.3) is 21.8 Å². The number of aliphatic hydroxyl groups excluding tert-OH is 1. The van der Waals surface area contributed by atoms with Crippen LogP contribution >= 0.6 is 0 Å². The number of aromatic amines is 1. The lowest BCUT2D eigenvalue weighted by Crippen LogP contribution is -2.53. The van der Waals surface area contributed by atoms with Crippen molar-refractivity contribution in [1.82, 2.24) is 14.9 Å². The number of carbonyl (C=O) groups is 2. The van der Waals surface area contributed by atoms with Crippen LogP contribution in [0.1, 0.15) is 24.2 Å². The van der Waals surface area contributed by atoms with Crippen molar-refractivity contribution in [2.45, 2.75) is 38.7 Å². The zero-order valence-electron chi connectivity index (χ0n) is 16.7. The highest BCUT2D eigenvalue weighted by atomic mass is 19.4. The molecule has 0 fully saturated rings. The third-order valence-electron chi connectivity index (χ3n) is 5.07. The Bertz CT molecular complexity index is 1210. The summed E-state index contributed by atoms with van der Waals surface area (Å²) in [6, 6.07) is 4.80. The maximum absolute atomic E-state index is 12.9. The molecule has 31 heavy (non-hydrogen) atoms. The number of nitrogens with two attached hydrogens (primary N) is 1. The van der Waals surface area contributed by atoms with Gasteiger partial charge in [0.2, 0.25) is 5.91 Å². The van der Waals surface area contributed by atoms with Crippen LogP contribution in [0.15, 0.2) is 35.3 Å². The fourth-order valence-electron chi connectivity index (χ4n) is 3.49. The van der Waals surface area contributed by atoms with Gasteiger partial charge in [-0.3, -0.25) is 14.4 Å². The topological polar surface area (TPSA) is 130 Å². The van der Waals surface area contributed by atoms with Crippen molar-refractivity contribution in [2.24, 2.45) is 11.7 Å². The lowest BCUT2D eigenvalue weighted by atomic mass is 9.98. The number of H-pyrrole nitrogens is 1. The van der Waals surface area contributed by atoms with Crippen LogP contribution in [0.5, 0.6) is 0 Å². The molecule has 2 heterocycles. The molecule has 3 aromatic rings. The van der Waals surface area contributed by atoms with Crippen LogP contribution in [0, 0.1) is 5.92 Å². The number of pyridine rings is 1. The van der Waals surface area contributed by atoms with Crippen molar-refractivity contribution < 1.29 is 27.9 Å². The van der Waals surface area contributed by atoms with Gasteiger partial charge in [0.05, 0.1) is 17.1 Å². The summed E-state index contributed by atoms with van der Waals surface area (Å²) in [6.07, 6.45) is -6.31. The van der Waals surface area contributed by atoms with E-state index in [9.17, 15) is 32.7 Å². The van der Waals surface area contributed by atoms with E-state index in [1.54, 1.807) is 18.2 Å². The zero-order valence-corrected chi connectivity index (χ0v) is 16.7. The van der Waals surface area contributed by atoms with Crippen molar-refractivity contribution in [3.05, 3.63) is 46.4 Å². The summed E-state index contributed by atoms with van der Waals surface area (Å²) < 4.78 is 39.6. The normalized spacial score (nSPS) is 14.2. The average Bonchev–Trinajstić information content (AvgIpc) is 3.06. The summed E-state index contributed by atoms with van der Waals surface area (Å²) >= 11 is 0. The summed E-state index contributed by atoms with van der Waals surface area (Å²) in [7, 11) is 0. The third kappa shape index (κ3) is 4.26. The van der Waals surface area contributed by atoms with Gasteiger partial charge in [0, 0.05) is 17.0 Å². The standard InChI is InChI=1S/C20H21F3N4O4/c1-9(2)14(17(29)20(21,22)23)25-13(28)8-27-7-6-11-10-4-3-5-12(18(24)30)15(10)26-16(11)19(27)31/h3-7,9,14,17,26,29H,8H2,1-2H3,(H2,24,30)(H,25,28). The van der Waals surface area contributed by atoms with Crippen molar-refractivity contribution in [2.75, 3.05) is 0 Å². The molecule has 2 amide bonds. The van der Waals surface area contributed by atoms with E-state index in [0.717, 1.165) is 4.57 Å². The predicted octanol–water partition coefficient (Wildman–Crippen LogP) is 1.65. The van der Waals surface area contributed by atoms with E-state index in [1.807, 2.05) is 0 Å². The summed E-state index contributed by atoms with van der Waals surface area (Å²) in [5.41, 5.74) is 5.45. The first-order chi connectivity index (χ1) is 14.4. The predicted molar refractivity (Wildman–Crippen MR) is 107 cm³/mol. The fourth-order valence-corrected chi connectivity index (χ4v) is 3.49. The zero-order chi connectivity index (χ0) is 23.1. The van der Waals surface area contributed by atoms with Crippen molar-refractivity contribution in [3.63, 3.8) is 0 Å². The third-order valence-corrected chi connectivity index (χ3v) is 5.07. The number of nitrogens with one attached hydrogen (secondary N) is 2. The molecule has 2 atom stereocenters. The minimum absolute atomic E-state index is 0.120. The van der Waals surface area contributed by atoms with Crippen molar-refractivity contribution >= 4 is 33.6 Å². The second-order valence-electron chi connectivity index (χ2n) is 7.58. The molecule has 0 saturated heterocycles. The van der Waals surface area contributed by atoms with Crippen LogP contribution in [-0.2, 0) is 11.3 Å². The molecule has 0 aliphatic heterocycles. The largest absolute Gasteiger partial charge is 0.416 e. The summed E-state index contributed by atoms with van der Waals surface area (Å²) in [4.78, 5) is 39.7. The van der Waals surface area contributed by atoms with Gasteiger partial charge in [-0.2, -0.15) is 13.2 Å². The van der Waals surface area contributed by atoms with Crippen LogP contribution in [-0.4, -0.2) is 44.8 Å². The van der Waals surface area contributed by atoms with E-state index in [2.05, 4.69) is 10.3 Å². The van der Waals surface area contributed by atoms with E-state index in [4.69, 9.17) is 5.73 Å². The number of fused-ring (bicyclic) bond motifs is 3.